The van der Waals surface area contributed by atoms with Crippen LogP contribution in [0.2, 0.25) is 0 Å². The smallest absolute Gasteiger partial charge is 0.423 e. The van der Waals surface area contributed by atoms with Crippen molar-refractivity contribution in [2.75, 3.05) is 6.54 Å². The summed E-state index contributed by atoms with van der Waals surface area (Å²) < 4.78 is 88.1. The van der Waals surface area contributed by atoms with Gasteiger partial charge < -0.3 is 25.4 Å². The summed E-state index contributed by atoms with van der Waals surface area (Å²) in [5.41, 5.74) is -1.19. The second kappa shape index (κ2) is 14.6. The molecule has 3 aromatic rings. The number of para-hydroxylation sites is 1. The molecule has 0 bridgehead atoms. The maximum atomic E-state index is 14.6. The minimum atomic E-state index is -5.32. The number of nitrogens with one attached hydrogen (secondary N) is 3. The van der Waals surface area contributed by atoms with Gasteiger partial charge in [0.1, 0.15) is 29.5 Å². The molecule has 1 aromatic heterocycles. The fourth-order valence-corrected chi connectivity index (χ4v) is 8.80. The standard InChI is InChI=1S/C38H41F4N5O8S/c1-36(15-16-36)56(53,54)46-35(52)37-19-21(37)9-5-3-2-4-6-12-28(43-32(50)30(48)38(40,41)42)34(51)47-20-23(18-29(47)31(49)45-37)55-33-26-17-22(39)13-14-24(26)25-10-7-8-11-27(25)44-33/h5,7-11,13-14,17,21,23,28-30,48H,2-4,6,12,15-16,18-20H2,1H3,(H,43,50)(H,45,49)(H,46,52)/b9-5-/t21-,23-,28+,29+,30+,37-/m1/s1. The highest BCUT2D eigenvalue weighted by atomic mass is 32.2. The molecule has 4 aliphatic rings. The summed E-state index contributed by atoms with van der Waals surface area (Å²) in [6, 6.07) is 8.10. The Labute approximate surface area is 319 Å². The Morgan fingerprint density at radius 3 is 2.55 bits per heavy atom. The Kier molecular flexibility index (Phi) is 10.3. The van der Waals surface area contributed by atoms with Crippen molar-refractivity contribution in [1.82, 2.24) is 25.2 Å². The fourth-order valence-electron chi connectivity index (χ4n) is 7.49. The molecular formula is C38H41F4N5O8S. The number of benzene rings is 2. The molecule has 0 spiro atoms. The van der Waals surface area contributed by atoms with E-state index in [1.165, 1.54) is 19.1 Å². The molecule has 18 heteroatoms. The Balaban J connectivity index is 1.23. The van der Waals surface area contributed by atoms with Gasteiger partial charge in [-0.3, -0.25) is 23.9 Å². The second-order valence-electron chi connectivity index (χ2n) is 15.3. The highest BCUT2D eigenvalue weighted by Gasteiger charge is 2.63. The van der Waals surface area contributed by atoms with Crippen molar-refractivity contribution < 1.29 is 55.0 Å². The molecule has 2 saturated carbocycles. The molecule has 6 atom stereocenters. The number of hydrogen-bond donors (Lipinski definition) is 4. The largest absolute Gasteiger partial charge is 0.472 e. The van der Waals surface area contributed by atoms with Crippen molar-refractivity contribution in [1.29, 1.82) is 0 Å². The minimum absolute atomic E-state index is 0.0148. The summed E-state index contributed by atoms with van der Waals surface area (Å²) in [7, 11) is -4.11. The van der Waals surface area contributed by atoms with Gasteiger partial charge in [0.25, 0.3) is 11.8 Å². The first-order valence-electron chi connectivity index (χ1n) is 18.5. The number of alkyl halides is 3. The van der Waals surface area contributed by atoms with Crippen LogP contribution in [-0.2, 0) is 29.2 Å². The van der Waals surface area contributed by atoms with E-state index in [0.29, 0.717) is 53.8 Å². The zero-order valence-electron chi connectivity index (χ0n) is 30.3. The SMILES string of the molecule is CC1(S(=O)(=O)NC(=O)[C@@]23C[C@H]2/C=C\CCCCC[C@H](NC(=O)[C@H](O)C(F)(F)F)C(=O)N2C[C@H](Oc4nc5ccccc5c5ccc(F)cc45)C[C@H]2C(=O)N3)CC1. The number of rotatable bonds is 7. The number of nitrogens with zero attached hydrogens (tertiary/aromatic N) is 2. The van der Waals surface area contributed by atoms with E-state index in [9.17, 15) is 50.3 Å². The predicted molar refractivity (Wildman–Crippen MR) is 194 cm³/mol. The lowest BCUT2D eigenvalue weighted by Crippen LogP contribution is -2.59. The molecule has 4 N–H and O–H groups in total. The highest BCUT2D eigenvalue weighted by molar-refractivity contribution is 7.91. The first-order chi connectivity index (χ1) is 26.4. The molecule has 56 heavy (non-hydrogen) atoms. The van der Waals surface area contributed by atoms with Crippen molar-refractivity contribution in [3.05, 3.63) is 60.4 Å². The number of fused-ring (bicyclic) bond motifs is 5. The Morgan fingerprint density at radius 1 is 1.07 bits per heavy atom. The van der Waals surface area contributed by atoms with Crippen LogP contribution in [0.1, 0.15) is 64.7 Å². The van der Waals surface area contributed by atoms with Gasteiger partial charge in [0.2, 0.25) is 33.8 Å². The number of carbonyl (C=O) groups excluding carboxylic acids is 4. The average Bonchev–Trinajstić information content (AvgIpc) is 4.02. The summed E-state index contributed by atoms with van der Waals surface area (Å²) >= 11 is 0. The van der Waals surface area contributed by atoms with Gasteiger partial charge in [0.05, 0.1) is 16.8 Å². The van der Waals surface area contributed by atoms with Gasteiger partial charge in [-0.25, -0.2) is 17.8 Å². The zero-order chi connectivity index (χ0) is 40.2. The molecule has 3 heterocycles. The zero-order valence-corrected chi connectivity index (χ0v) is 31.1. The van der Waals surface area contributed by atoms with E-state index in [1.807, 2.05) is 5.32 Å². The van der Waals surface area contributed by atoms with Gasteiger partial charge >= 0.3 is 6.18 Å². The van der Waals surface area contributed by atoms with Crippen molar-refractivity contribution in [3.8, 4) is 5.88 Å². The van der Waals surface area contributed by atoms with E-state index >= 15 is 0 Å². The van der Waals surface area contributed by atoms with Crippen LogP contribution in [0.4, 0.5) is 17.6 Å². The number of sulfonamides is 1. The number of aliphatic hydroxyl groups is 1. The van der Waals surface area contributed by atoms with Gasteiger partial charge in [-0.2, -0.15) is 13.2 Å². The summed E-state index contributed by atoms with van der Waals surface area (Å²) in [5, 5.41) is 16.0. The quantitative estimate of drug-likeness (QED) is 0.157. The van der Waals surface area contributed by atoms with Crippen LogP contribution >= 0.6 is 0 Å². The van der Waals surface area contributed by atoms with Crippen molar-refractivity contribution >= 4 is 55.3 Å². The number of amides is 4. The molecule has 300 valence electrons. The van der Waals surface area contributed by atoms with Crippen LogP contribution in [-0.4, -0.2) is 94.3 Å². The summed E-state index contributed by atoms with van der Waals surface area (Å²) in [6.45, 7) is 1.17. The lowest BCUT2D eigenvalue weighted by molar-refractivity contribution is -0.205. The first-order valence-corrected chi connectivity index (χ1v) is 20.0. The second-order valence-corrected chi connectivity index (χ2v) is 17.5. The molecule has 13 nitrogen and oxygen atoms in total. The van der Waals surface area contributed by atoms with E-state index in [0.717, 1.165) is 4.90 Å². The molecule has 7 rings (SSSR count). The molecule has 0 unspecified atom stereocenters. The molecule has 2 aliphatic carbocycles. The third kappa shape index (κ3) is 7.64. The monoisotopic (exact) mass is 803 g/mol. The molecule has 1 saturated heterocycles. The number of halogens is 4. The van der Waals surface area contributed by atoms with Gasteiger partial charge in [-0.05, 0) is 69.0 Å². The number of aliphatic hydroxyl groups excluding tert-OH is 1. The van der Waals surface area contributed by atoms with Crippen LogP contribution in [0.5, 0.6) is 5.88 Å². The van der Waals surface area contributed by atoms with Crippen LogP contribution in [0.15, 0.2) is 54.6 Å². The predicted octanol–water partition coefficient (Wildman–Crippen LogP) is 3.68. The minimum Gasteiger partial charge on any atom is -0.472 e. The Morgan fingerprint density at radius 2 is 1.82 bits per heavy atom. The van der Waals surface area contributed by atoms with Gasteiger partial charge in [0, 0.05) is 23.1 Å². The molecule has 3 fully saturated rings. The summed E-state index contributed by atoms with van der Waals surface area (Å²) in [5.74, 6) is -5.79. The third-order valence-electron chi connectivity index (χ3n) is 11.3. The van der Waals surface area contributed by atoms with Crippen LogP contribution < -0.4 is 20.1 Å². The molecule has 2 aliphatic heterocycles. The third-order valence-corrected chi connectivity index (χ3v) is 13.4. The number of pyridine rings is 1. The van der Waals surface area contributed by atoms with Gasteiger partial charge in [-0.1, -0.05) is 49.3 Å². The van der Waals surface area contributed by atoms with Gasteiger partial charge in [0.15, 0.2) is 0 Å². The van der Waals surface area contributed by atoms with E-state index in [4.69, 9.17) is 4.74 Å². The Bertz CT molecular complexity index is 2230. The van der Waals surface area contributed by atoms with Crippen molar-refractivity contribution in [2.24, 2.45) is 5.92 Å². The van der Waals surface area contributed by atoms with E-state index in [-0.39, 0.29) is 38.1 Å². The number of allylic oxidation sites excluding steroid dienone is 1. The van der Waals surface area contributed by atoms with Crippen LogP contribution in [0.25, 0.3) is 21.7 Å². The van der Waals surface area contributed by atoms with E-state index < -0.39 is 86.1 Å². The number of carbonyl (C=O) groups is 4. The van der Waals surface area contributed by atoms with E-state index in [2.05, 4.69) is 15.0 Å². The highest BCUT2D eigenvalue weighted by Crippen LogP contribution is 2.47. The first kappa shape index (κ1) is 39.4. The Hall–Kier alpha value is -4.84. The van der Waals surface area contributed by atoms with Crippen LogP contribution in [0, 0.1) is 11.7 Å². The lowest BCUT2D eigenvalue weighted by atomic mass is 10.0. The topological polar surface area (TPSA) is 184 Å². The normalized spacial score (nSPS) is 27.9. The molecular weight excluding hydrogens is 763 g/mol. The maximum absolute atomic E-state index is 14.6. The average molecular weight is 804 g/mol. The summed E-state index contributed by atoms with van der Waals surface area (Å²) in [6.07, 6.45) is -3.99. The summed E-state index contributed by atoms with van der Waals surface area (Å²) in [4.78, 5) is 60.7. The number of aromatic nitrogens is 1. The van der Waals surface area contributed by atoms with Gasteiger partial charge in [-0.15, -0.1) is 0 Å². The molecule has 2 aromatic carbocycles. The maximum Gasteiger partial charge on any atom is 0.423 e. The van der Waals surface area contributed by atoms with E-state index in [1.54, 1.807) is 42.5 Å². The van der Waals surface area contributed by atoms with Crippen molar-refractivity contribution in [3.63, 3.8) is 0 Å². The molecule has 4 amide bonds. The van der Waals surface area contributed by atoms with Crippen LogP contribution in [0.3, 0.4) is 0 Å². The number of ether oxygens (including phenoxy) is 1. The molecule has 0 radical (unpaired) electrons. The van der Waals surface area contributed by atoms with Crippen molar-refractivity contribution in [2.45, 2.75) is 105 Å². The lowest BCUT2D eigenvalue weighted by Gasteiger charge is -2.30. The number of hydrogen-bond acceptors (Lipinski definition) is 9. The fraction of sp³-hybridized carbons (Fsp3) is 0.500.